The van der Waals surface area contributed by atoms with E-state index in [-0.39, 0.29) is 29.0 Å². The van der Waals surface area contributed by atoms with E-state index in [9.17, 15) is 22.8 Å². The van der Waals surface area contributed by atoms with E-state index >= 15 is 0 Å². The number of ether oxygens (including phenoxy) is 1. The molecule has 1 aliphatic carbocycles. The Morgan fingerprint density at radius 2 is 2.05 bits per heavy atom. The Labute approximate surface area is 242 Å². The van der Waals surface area contributed by atoms with E-state index in [2.05, 4.69) is 21.3 Å². The lowest BCUT2D eigenvalue weighted by Crippen LogP contribution is -2.42. The van der Waals surface area contributed by atoms with Crippen molar-refractivity contribution < 1.29 is 31.9 Å². The van der Waals surface area contributed by atoms with Crippen molar-refractivity contribution in [2.45, 2.75) is 46.7 Å². The number of amides is 2. The van der Waals surface area contributed by atoms with E-state index in [0.29, 0.717) is 60.9 Å². The average molecular weight is 586 g/mol. The van der Waals surface area contributed by atoms with E-state index in [1.54, 1.807) is 32.1 Å². The zero-order valence-electron chi connectivity index (χ0n) is 23.9. The molecule has 0 radical (unpaired) electrons. The van der Waals surface area contributed by atoms with Crippen LogP contribution in [0.25, 0.3) is 5.57 Å². The second-order valence-electron chi connectivity index (χ2n) is 11.2. The largest absolute Gasteiger partial charge is 0.444 e. The van der Waals surface area contributed by atoms with E-state index < -0.39 is 23.9 Å². The number of carbonyl (C=O) groups is 2. The number of amidine groups is 1. The molecule has 3 N–H and O–H groups in total. The van der Waals surface area contributed by atoms with Crippen LogP contribution in [-0.4, -0.2) is 60.0 Å². The van der Waals surface area contributed by atoms with Crippen LogP contribution >= 0.6 is 0 Å². The normalized spacial score (nSPS) is 19.5. The molecule has 224 valence electrons. The maximum atomic E-state index is 13.2. The molecule has 0 unspecified atom stereocenters. The molecule has 0 bridgehead atoms. The van der Waals surface area contributed by atoms with Crippen molar-refractivity contribution in [2.75, 3.05) is 26.3 Å². The summed E-state index contributed by atoms with van der Waals surface area (Å²) in [6, 6.07) is 0. The van der Waals surface area contributed by atoms with Gasteiger partial charge in [0.25, 0.3) is 5.91 Å². The first kappa shape index (κ1) is 30.8. The van der Waals surface area contributed by atoms with Crippen LogP contribution in [0.1, 0.15) is 56.9 Å². The number of nitrogens with zero attached hydrogens (tertiary/aromatic N) is 2. The van der Waals surface area contributed by atoms with E-state index in [4.69, 9.17) is 14.6 Å². The molecule has 0 aromatic carbocycles. The highest BCUT2D eigenvalue weighted by atomic mass is 19.4. The smallest absolute Gasteiger partial charge is 0.392 e. The molecular weight excluding hydrogens is 551 g/mol. The lowest BCUT2D eigenvalue weighted by molar-refractivity contribution is -0.131. The quantitative estimate of drug-likeness (QED) is 0.212. The minimum Gasteiger partial charge on any atom is -0.444 e. The molecule has 2 amide bonds. The fourth-order valence-corrected chi connectivity index (χ4v) is 4.35. The third-order valence-corrected chi connectivity index (χ3v) is 7.11. The Kier molecular flexibility index (Phi) is 9.08. The van der Waals surface area contributed by atoms with Crippen LogP contribution in [0.15, 0.2) is 69.3 Å². The van der Waals surface area contributed by atoms with Crippen LogP contribution in [-0.2, 0) is 9.53 Å². The highest BCUT2D eigenvalue weighted by molar-refractivity contribution is 6.10. The Morgan fingerprint density at radius 3 is 2.67 bits per heavy atom. The van der Waals surface area contributed by atoms with Gasteiger partial charge < -0.3 is 19.8 Å². The van der Waals surface area contributed by atoms with Crippen LogP contribution in [0.5, 0.6) is 0 Å². The summed E-state index contributed by atoms with van der Waals surface area (Å²) in [6.07, 6.45) is 3.91. The predicted octanol–water partition coefficient (Wildman–Crippen LogP) is 5.04. The fourth-order valence-electron chi connectivity index (χ4n) is 4.35. The van der Waals surface area contributed by atoms with Gasteiger partial charge in [0.2, 0.25) is 11.8 Å². The Hall–Kier alpha value is -4.15. The van der Waals surface area contributed by atoms with Crippen LogP contribution < -0.4 is 10.6 Å². The highest BCUT2D eigenvalue weighted by Crippen LogP contribution is 2.31. The number of hydrogen-bond donors (Lipinski definition) is 3. The lowest BCUT2D eigenvalue weighted by atomic mass is 9.92. The summed E-state index contributed by atoms with van der Waals surface area (Å²) >= 11 is 0. The van der Waals surface area contributed by atoms with E-state index in [0.717, 1.165) is 12.3 Å². The standard InChI is InChI=1S/C30H34F3N5O4/c1-18-5-6-21(12-22(11-18)19(2)7-8-30(31,32)33)27-37-24(17-42-27)26(39)36-23(14-35-13-20-15-41-16-20)25(34)38-10-9-29(3,4)28(38)40/h5-7,12,14,17,20,34-35H,8-10,13,15-16H2,1-4H3,(H,36,39)/b19-7-,23-14+,34-25?. The monoisotopic (exact) mass is 585 g/mol. The molecule has 3 aliphatic rings. The molecule has 0 atom stereocenters. The number of carbonyl (C=O) groups excluding carboxylic acids is 2. The molecule has 1 aromatic heterocycles. The van der Waals surface area contributed by atoms with Gasteiger partial charge in [0.05, 0.1) is 25.3 Å². The third-order valence-electron chi connectivity index (χ3n) is 7.11. The van der Waals surface area contributed by atoms with Gasteiger partial charge in [0.15, 0.2) is 11.5 Å². The number of rotatable bonds is 9. The van der Waals surface area contributed by atoms with Gasteiger partial charge in [-0.15, -0.1) is 5.73 Å². The van der Waals surface area contributed by atoms with Gasteiger partial charge >= 0.3 is 6.18 Å². The Balaban J connectivity index is 1.53. The number of halogens is 3. The molecule has 1 aromatic rings. The lowest BCUT2D eigenvalue weighted by Gasteiger charge is -2.26. The molecule has 42 heavy (non-hydrogen) atoms. The van der Waals surface area contributed by atoms with Crippen molar-refractivity contribution in [3.63, 3.8) is 0 Å². The van der Waals surface area contributed by atoms with Gasteiger partial charge in [-0.2, -0.15) is 13.2 Å². The van der Waals surface area contributed by atoms with Gasteiger partial charge in [0, 0.05) is 41.8 Å². The molecule has 12 heteroatoms. The first-order chi connectivity index (χ1) is 19.7. The number of allylic oxidation sites excluding steroid dienone is 7. The number of nitrogens with one attached hydrogen (secondary N) is 3. The van der Waals surface area contributed by atoms with Crippen LogP contribution in [0.4, 0.5) is 13.2 Å². The van der Waals surface area contributed by atoms with Gasteiger partial charge in [0.1, 0.15) is 6.26 Å². The second-order valence-corrected chi connectivity index (χ2v) is 11.2. The number of aromatic nitrogens is 1. The summed E-state index contributed by atoms with van der Waals surface area (Å²) in [6.45, 7) is 9.12. The number of alkyl halides is 3. The average Bonchev–Trinajstić information content (AvgIpc) is 3.42. The van der Waals surface area contributed by atoms with E-state index in [1.807, 2.05) is 13.8 Å². The van der Waals surface area contributed by atoms with Crippen LogP contribution in [0, 0.1) is 16.7 Å². The molecule has 9 nitrogen and oxygen atoms in total. The van der Waals surface area contributed by atoms with Gasteiger partial charge in [-0.1, -0.05) is 26.0 Å². The first-order valence-electron chi connectivity index (χ1n) is 13.5. The topological polar surface area (TPSA) is 121 Å². The summed E-state index contributed by atoms with van der Waals surface area (Å²) in [5.74, 6) is -0.628. The summed E-state index contributed by atoms with van der Waals surface area (Å²) in [7, 11) is 0. The number of likely N-dealkylation sites (tertiary alicyclic amines) is 1. The summed E-state index contributed by atoms with van der Waals surface area (Å²) < 4.78 is 49.0. The zero-order chi connectivity index (χ0) is 30.7. The molecule has 2 saturated heterocycles. The van der Waals surface area contributed by atoms with Crippen LogP contribution in [0.3, 0.4) is 0 Å². The van der Waals surface area contributed by atoms with Crippen molar-refractivity contribution in [2.24, 2.45) is 11.3 Å². The zero-order valence-corrected chi connectivity index (χ0v) is 23.9. The summed E-state index contributed by atoms with van der Waals surface area (Å²) in [5, 5.41) is 14.5. The maximum absolute atomic E-state index is 13.2. The Morgan fingerprint density at radius 1 is 1.31 bits per heavy atom. The fraction of sp³-hybridized carbons (Fsp3) is 0.433. The van der Waals surface area contributed by atoms with Gasteiger partial charge in [-0.25, -0.2) is 4.98 Å². The van der Waals surface area contributed by atoms with Crippen molar-refractivity contribution in [3.8, 4) is 0 Å². The minimum atomic E-state index is -4.33. The summed E-state index contributed by atoms with van der Waals surface area (Å²) in [4.78, 5) is 31.7. The summed E-state index contributed by atoms with van der Waals surface area (Å²) in [5.41, 5.74) is 4.40. The highest BCUT2D eigenvalue weighted by Gasteiger charge is 2.41. The SMILES string of the molecule is CC1=C=C(/C(C)=C\CC(F)(F)F)C=C(c2nc(C(=O)N/C(=C/NCC3COC3)C(=N)N3CCC(C)(C)C3=O)co2)C=C1. The molecule has 2 aliphatic heterocycles. The van der Waals surface area contributed by atoms with Crippen molar-refractivity contribution in [1.82, 2.24) is 20.5 Å². The number of hydrogen-bond acceptors (Lipinski definition) is 7. The predicted molar refractivity (Wildman–Crippen MR) is 150 cm³/mol. The minimum absolute atomic E-state index is 0.0780. The van der Waals surface area contributed by atoms with Crippen molar-refractivity contribution in [1.29, 1.82) is 5.41 Å². The molecule has 0 spiro atoms. The van der Waals surface area contributed by atoms with Gasteiger partial charge in [-0.05, 0) is 43.6 Å². The third kappa shape index (κ3) is 7.57. The van der Waals surface area contributed by atoms with Crippen molar-refractivity contribution >= 4 is 23.2 Å². The van der Waals surface area contributed by atoms with Crippen LogP contribution in [0.2, 0.25) is 0 Å². The molecule has 3 heterocycles. The van der Waals surface area contributed by atoms with Gasteiger partial charge in [-0.3, -0.25) is 19.9 Å². The Bertz CT molecular complexity index is 1450. The molecule has 4 rings (SSSR count). The first-order valence-corrected chi connectivity index (χ1v) is 13.5. The molecule has 2 fully saturated rings. The maximum Gasteiger partial charge on any atom is 0.392 e. The number of oxazole rings is 1. The van der Waals surface area contributed by atoms with E-state index in [1.165, 1.54) is 11.1 Å². The molecule has 0 saturated carbocycles. The molecular formula is C30H34F3N5O4. The second kappa shape index (κ2) is 12.4. The van der Waals surface area contributed by atoms with Crippen molar-refractivity contribution in [3.05, 3.63) is 76.5 Å².